The molecule has 0 aromatic rings. The number of hydrogen-bond donors (Lipinski definition) is 1. The number of hydrogen-bond acceptors (Lipinski definition) is 3. The van der Waals surface area contributed by atoms with Crippen LogP contribution in [0.4, 0.5) is 0 Å². The molecular weight excluding hydrogens is 248 g/mol. The Balaban J connectivity index is 1.82. The van der Waals surface area contributed by atoms with Crippen molar-refractivity contribution in [1.82, 2.24) is 9.62 Å². The van der Waals surface area contributed by atoms with E-state index in [9.17, 15) is 8.42 Å². The van der Waals surface area contributed by atoms with E-state index >= 15 is 0 Å². The van der Waals surface area contributed by atoms with Gasteiger partial charge in [0.1, 0.15) is 0 Å². The lowest BCUT2D eigenvalue weighted by molar-refractivity contribution is 0.216. The van der Waals surface area contributed by atoms with Crippen molar-refractivity contribution in [3.8, 4) is 0 Å². The minimum Gasteiger partial charge on any atom is -0.316 e. The van der Waals surface area contributed by atoms with Crippen LogP contribution in [-0.4, -0.2) is 44.7 Å². The molecule has 0 radical (unpaired) electrons. The first-order chi connectivity index (χ1) is 8.63. The summed E-state index contributed by atoms with van der Waals surface area (Å²) >= 11 is 0. The lowest BCUT2D eigenvalue weighted by atomic mass is 9.84. The van der Waals surface area contributed by atoms with Crippen molar-refractivity contribution < 1.29 is 8.42 Å². The van der Waals surface area contributed by atoms with Crippen LogP contribution in [0.25, 0.3) is 0 Å². The molecule has 4 nitrogen and oxygen atoms in total. The van der Waals surface area contributed by atoms with Crippen molar-refractivity contribution >= 4 is 10.0 Å². The highest BCUT2D eigenvalue weighted by Gasteiger charge is 2.32. The Morgan fingerprint density at radius 2 is 1.89 bits per heavy atom. The molecule has 0 amide bonds. The van der Waals surface area contributed by atoms with Crippen LogP contribution in [0.5, 0.6) is 0 Å². The third-order valence-corrected chi connectivity index (χ3v) is 6.37. The first-order valence-corrected chi connectivity index (χ1v) is 8.93. The van der Waals surface area contributed by atoms with Gasteiger partial charge in [0.2, 0.25) is 10.0 Å². The maximum atomic E-state index is 12.1. The lowest BCUT2D eigenvalue weighted by Gasteiger charge is -2.33. The molecule has 1 N–H and O–H groups in total. The van der Waals surface area contributed by atoms with Crippen LogP contribution in [0, 0.1) is 11.8 Å². The highest BCUT2D eigenvalue weighted by atomic mass is 32.2. The number of nitrogens with zero attached hydrogens (tertiary/aromatic N) is 1. The Hall–Kier alpha value is -0.130. The van der Waals surface area contributed by atoms with Crippen LogP contribution in [-0.2, 0) is 10.0 Å². The SMILES string of the molecule is CCCCS(=O)(=O)N1CCC(C2CCNC2)CC1. The third kappa shape index (κ3) is 3.45. The minimum atomic E-state index is -2.97. The van der Waals surface area contributed by atoms with E-state index in [2.05, 4.69) is 5.32 Å². The summed E-state index contributed by atoms with van der Waals surface area (Å²) in [6, 6.07) is 0. The highest BCUT2D eigenvalue weighted by Crippen LogP contribution is 2.29. The fraction of sp³-hybridized carbons (Fsp3) is 1.00. The molecule has 2 saturated heterocycles. The van der Waals surface area contributed by atoms with Crippen LogP contribution in [0.1, 0.15) is 39.0 Å². The van der Waals surface area contributed by atoms with Gasteiger partial charge in [-0.3, -0.25) is 0 Å². The predicted molar refractivity (Wildman–Crippen MR) is 74.0 cm³/mol. The molecule has 106 valence electrons. The van der Waals surface area contributed by atoms with E-state index in [1.165, 1.54) is 6.42 Å². The number of rotatable bonds is 5. The average molecular weight is 274 g/mol. The topological polar surface area (TPSA) is 49.4 Å². The summed E-state index contributed by atoms with van der Waals surface area (Å²) in [6.45, 7) is 5.79. The summed E-state index contributed by atoms with van der Waals surface area (Å²) < 4.78 is 25.9. The molecule has 0 saturated carbocycles. The van der Waals surface area contributed by atoms with E-state index in [1.807, 2.05) is 6.92 Å². The molecule has 0 aliphatic carbocycles. The van der Waals surface area contributed by atoms with Gasteiger partial charge in [0.25, 0.3) is 0 Å². The van der Waals surface area contributed by atoms with Crippen LogP contribution in [0.3, 0.4) is 0 Å². The van der Waals surface area contributed by atoms with Gasteiger partial charge in [0, 0.05) is 13.1 Å². The highest BCUT2D eigenvalue weighted by molar-refractivity contribution is 7.89. The van der Waals surface area contributed by atoms with Crippen molar-refractivity contribution in [1.29, 1.82) is 0 Å². The molecule has 2 heterocycles. The second-order valence-corrected chi connectivity index (χ2v) is 7.75. The van der Waals surface area contributed by atoms with Gasteiger partial charge in [0.05, 0.1) is 5.75 Å². The molecular formula is C13H26N2O2S. The maximum Gasteiger partial charge on any atom is 0.214 e. The van der Waals surface area contributed by atoms with E-state index in [-0.39, 0.29) is 0 Å². The maximum absolute atomic E-state index is 12.1. The molecule has 2 rings (SSSR count). The fourth-order valence-electron chi connectivity index (χ4n) is 3.16. The summed E-state index contributed by atoms with van der Waals surface area (Å²) in [5.41, 5.74) is 0. The normalized spacial score (nSPS) is 27.7. The lowest BCUT2D eigenvalue weighted by Crippen LogP contribution is -2.41. The van der Waals surface area contributed by atoms with Crippen molar-refractivity contribution in [3.05, 3.63) is 0 Å². The second-order valence-electron chi connectivity index (χ2n) is 5.66. The standard InChI is InChI=1S/C13H26N2O2S/c1-2-3-10-18(16,17)15-8-5-12(6-9-15)13-4-7-14-11-13/h12-14H,2-11H2,1H3. The average Bonchev–Trinajstić information content (AvgIpc) is 2.90. The van der Waals surface area contributed by atoms with E-state index in [1.54, 1.807) is 4.31 Å². The molecule has 2 fully saturated rings. The molecule has 1 atom stereocenters. The first kappa shape index (κ1) is 14.3. The summed E-state index contributed by atoms with van der Waals surface area (Å²) in [7, 11) is -2.97. The van der Waals surface area contributed by atoms with Gasteiger partial charge in [-0.2, -0.15) is 0 Å². The van der Waals surface area contributed by atoms with Gasteiger partial charge in [-0.15, -0.1) is 0 Å². The predicted octanol–water partition coefficient (Wildman–Crippen LogP) is 1.44. The van der Waals surface area contributed by atoms with Crippen molar-refractivity contribution in [2.75, 3.05) is 31.9 Å². The van der Waals surface area contributed by atoms with Gasteiger partial charge in [-0.25, -0.2) is 12.7 Å². The molecule has 1 unspecified atom stereocenters. The van der Waals surface area contributed by atoms with Gasteiger partial charge < -0.3 is 5.32 Å². The van der Waals surface area contributed by atoms with Gasteiger partial charge in [-0.1, -0.05) is 13.3 Å². The zero-order chi connectivity index (χ0) is 13.0. The summed E-state index contributed by atoms with van der Waals surface area (Å²) in [4.78, 5) is 0. The van der Waals surface area contributed by atoms with Gasteiger partial charge in [0.15, 0.2) is 0 Å². The van der Waals surface area contributed by atoms with E-state index in [0.717, 1.165) is 63.7 Å². The first-order valence-electron chi connectivity index (χ1n) is 7.32. The Bertz CT molecular complexity index is 342. The van der Waals surface area contributed by atoms with Crippen LogP contribution in [0.15, 0.2) is 0 Å². The smallest absolute Gasteiger partial charge is 0.214 e. The zero-order valence-corrected chi connectivity index (χ0v) is 12.2. The van der Waals surface area contributed by atoms with Crippen LogP contribution < -0.4 is 5.32 Å². The second kappa shape index (κ2) is 6.35. The molecule has 0 aromatic carbocycles. The van der Waals surface area contributed by atoms with E-state index in [4.69, 9.17) is 0 Å². The van der Waals surface area contributed by atoms with Gasteiger partial charge >= 0.3 is 0 Å². The quantitative estimate of drug-likeness (QED) is 0.825. The summed E-state index contributed by atoms with van der Waals surface area (Å²) in [5.74, 6) is 1.85. The van der Waals surface area contributed by atoms with Crippen molar-refractivity contribution in [3.63, 3.8) is 0 Å². The van der Waals surface area contributed by atoms with E-state index in [0.29, 0.717) is 5.75 Å². The third-order valence-electron chi connectivity index (χ3n) is 4.41. The molecule has 0 spiro atoms. The van der Waals surface area contributed by atoms with Gasteiger partial charge in [-0.05, 0) is 50.6 Å². The number of unbranched alkanes of at least 4 members (excludes halogenated alkanes) is 1. The Labute approximate surface area is 111 Å². The summed E-state index contributed by atoms with van der Waals surface area (Å²) in [6.07, 6.45) is 5.11. The Morgan fingerprint density at radius 1 is 1.17 bits per heavy atom. The Kier molecular flexibility index (Phi) is 5.04. The molecule has 0 bridgehead atoms. The van der Waals surface area contributed by atoms with E-state index < -0.39 is 10.0 Å². The zero-order valence-electron chi connectivity index (χ0n) is 11.4. The molecule has 18 heavy (non-hydrogen) atoms. The van der Waals surface area contributed by atoms with Crippen molar-refractivity contribution in [2.45, 2.75) is 39.0 Å². The summed E-state index contributed by atoms with van der Waals surface area (Å²) in [5, 5.41) is 3.41. The Morgan fingerprint density at radius 3 is 2.44 bits per heavy atom. The largest absolute Gasteiger partial charge is 0.316 e. The fourth-order valence-corrected chi connectivity index (χ4v) is 4.84. The monoisotopic (exact) mass is 274 g/mol. The molecule has 5 heteroatoms. The van der Waals surface area contributed by atoms with Crippen LogP contribution >= 0.6 is 0 Å². The number of sulfonamides is 1. The molecule has 2 aliphatic heterocycles. The van der Waals surface area contributed by atoms with Crippen LogP contribution in [0.2, 0.25) is 0 Å². The van der Waals surface area contributed by atoms with Crippen molar-refractivity contribution in [2.24, 2.45) is 11.8 Å². The molecule has 2 aliphatic rings. The minimum absolute atomic E-state index is 0.332. The number of nitrogens with one attached hydrogen (secondary N) is 1. The molecule has 0 aromatic heterocycles. The number of piperidine rings is 1.